The number of hydrazine groups is 1. The van der Waals surface area contributed by atoms with E-state index in [9.17, 15) is 9.59 Å². The van der Waals surface area contributed by atoms with Gasteiger partial charge in [-0.2, -0.15) is 0 Å². The Morgan fingerprint density at radius 2 is 1.87 bits per heavy atom. The molecule has 3 rings (SSSR count). The summed E-state index contributed by atoms with van der Waals surface area (Å²) in [5, 5.41) is 1.65. The van der Waals surface area contributed by atoms with Crippen molar-refractivity contribution in [1.29, 1.82) is 0 Å². The van der Waals surface area contributed by atoms with Crippen LogP contribution in [0.3, 0.4) is 0 Å². The molecule has 1 aliphatic rings. The largest absolute Gasteiger partial charge is 0.301 e. The number of nitrogens with zero attached hydrogens (tertiary/aromatic N) is 2. The average Bonchev–Trinajstić information content (AvgIpc) is 2.58. The summed E-state index contributed by atoms with van der Waals surface area (Å²) < 4.78 is 0. The summed E-state index contributed by atoms with van der Waals surface area (Å²) >= 11 is 1.51. The molecular formula is C17H17N3O2S. The van der Waals surface area contributed by atoms with Crippen LogP contribution in [0.5, 0.6) is 0 Å². The molecule has 6 heteroatoms. The highest BCUT2D eigenvalue weighted by molar-refractivity contribution is 8.00. The maximum atomic E-state index is 12.3. The lowest BCUT2D eigenvalue weighted by Gasteiger charge is -2.29. The van der Waals surface area contributed by atoms with Gasteiger partial charge in [0.2, 0.25) is 5.91 Å². The van der Waals surface area contributed by atoms with Gasteiger partial charge in [-0.05, 0) is 24.3 Å². The van der Waals surface area contributed by atoms with E-state index < -0.39 is 0 Å². The summed E-state index contributed by atoms with van der Waals surface area (Å²) in [6, 6.07) is 17.2. The minimum atomic E-state index is -0.230. The first-order valence-electron chi connectivity index (χ1n) is 7.25. The van der Waals surface area contributed by atoms with E-state index in [0.717, 1.165) is 16.3 Å². The maximum absolute atomic E-state index is 12.3. The van der Waals surface area contributed by atoms with Crippen LogP contribution in [0, 0.1) is 0 Å². The lowest BCUT2D eigenvalue weighted by atomic mass is 10.2. The number of nitrogens with one attached hydrogen (secondary N) is 1. The molecule has 0 spiro atoms. The topological polar surface area (TPSA) is 52.7 Å². The zero-order chi connectivity index (χ0) is 16.2. The van der Waals surface area contributed by atoms with E-state index in [1.807, 2.05) is 54.6 Å². The van der Waals surface area contributed by atoms with E-state index in [4.69, 9.17) is 0 Å². The molecule has 118 valence electrons. The third-order valence-corrected chi connectivity index (χ3v) is 4.59. The normalized spacial score (nSPS) is 13.4. The van der Waals surface area contributed by atoms with Crippen LogP contribution < -0.4 is 15.3 Å². The summed E-state index contributed by atoms with van der Waals surface area (Å²) in [4.78, 5) is 27.0. The summed E-state index contributed by atoms with van der Waals surface area (Å²) in [5.41, 5.74) is 4.46. The van der Waals surface area contributed by atoms with Crippen LogP contribution in [0.2, 0.25) is 0 Å². The molecule has 0 saturated heterocycles. The van der Waals surface area contributed by atoms with Gasteiger partial charge in [-0.15, -0.1) is 11.8 Å². The maximum Gasteiger partial charge on any atom is 0.258 e. The van der Waals surface area contributed by atoms with Crippen LogP contribution >= 0.6 is 11.8 Å². The molecule has 2 aromatic carbocycles. The molecule has 0 unspecified atom stereocenters. The van der Waals surface area contributed by atoms with Crippen LogP contribution in [0.15, 0.2) is 59.5 Å². The minimum Gasteiger partial charge on any atom is -0.301 e. The predicted molar refractivity (Wildman–Crippen MR) is 92.5 cm³/mol. The Morgan fingerprint density at radius 3 is 2.65 bits per heavy atom. The molecule has 1 aliphatic heterocycles. The predicted octanol–water partition coefficient (Wildman–Crippen LogP) is 2.29. The molecule has 23 heavy (non-hydrogen) atoms. The van der Waals surface area contributed by atoms with Crippen molar-refractivity contribution in [3.63, 3.8) is 0 Å². The number of carbonyl (C=O) groups excluding carboxylic acids is 2. The van der Waals surface area contributed by atoms with Crippen molar-refractivity contribution in [2.24, 2.45) is 0 Å². The van der Waals surface area contributed by atoms with Crippen molar-refractivity contribution in [3.8, 4) is 0 Å². The molecular weight excluding hydrogens is 310 g/mol. The zero-order valence-corrected chi connectivity index (χ0v) is 13.5. The summed E-state index contributed by atoms with van der Waals surface area (Å²) in [5.74, 6) is 0.0800. The summed E-state index contributed by atoms with van der Waals surface area (Å²) in [6.07, 6.45) is 0. The van der Waals surface area contributed by atoms with Gasteiger partial charge in [0.15, 0.2) is 0 Å². The van der Waals surface area contributed by atoms with Crippen molar-refractivity contribution < 1.29 is 9.59 Å². The minimum absolute atomic E-state index is 0.00752. The molecule has 0 aliphatic carbocycles. The number of hydrogen-bond acceptors (Lipinski definition) is 4. The van der Waals surface area contributed by atoms with Crippen molar-refractivity contribution >= 4 is 35.0 Å². The molecule has 0 atom stereocenters. The van der Waals surface area contributed by atoms with Crippen molar-refractivity contribution in [1.82, 2.24) is 5.43 Å². The molecule has 0 bridgehead atoms. The van der Waals surface area contributed by atoms with E-state index >= 15 is 0 Å². The van der Waals surface area contributed by atoms with Gasteiger partial charge in [-0.1, -0.05) is 30.3 Å². The van der Waals surface area contributed by atoms with Crippen molar-refractivity contribution in [3.05, 3.63) is 54.6 Å². The standard InChI is InChI=1S/C17H17N3O2S/c1-19(13-7-3-2-4-8-13)18-16(21)11-20-14-9-5-6-10-15(14)23-12-17(20)22/h2-10H,11-12H2,1H3,(H,18,21). The number of carbonyl (C=O) groups is 2. The van der Waals surface area contributed by atoms with Crippen molar-refractivity contribution in [2.75, 3.05) is 29.3 Å². The number of fused-ring (bicyclic) bond motifs is 1. The zero-order valence-electron chi connectivity index (χ0n) is 12.7. The second-order valence-electron chi connectivity index (χ2n) is 5.17. The van der Waals surface area contributed by atoms with Gasteiger partial charge in [0, 0.05) is 11.9 Å². The Hall–Kier alpha value is -2.47. The van der Waals surface area contributed by atoms with Gasteiger partial charge < -0.3 is 4.90 Å². The third-order valence-electron chi connectivity index (χ3n) is 3.55. The fraction of sp³-hybridized carbons (Fsp3) is 0.176. The fourth-order valence-corrected chi connectivity index (χ4v) is 3.35. The molecule has 1 heterocycles. The second-order valence-corrected chi connectivity index (χ2v) is 6.18. The monoisotopic (exact) mass is 327 g/mol. The van der Waals surface area contributed by atoms with Crippen LogP contribution in [0.1, 0.15) is 0 Å². The van der Waals surface area contributed by atoms with Crippen LogP contribution in [-0.4, -0.2) is 31.2 Å². The number of benzene rings is 2. The van der Waals surface area contributed by atoms with E-state index in [0.29, 0.717) is 5.75 Å². The van der Waals surface area contributed by atoms with Crippen molar-refractivity contribution in [2.45, 2.75) is 4.90 Å². The third kappa shape index (κ3) is 3.48. The first kappa shape index (κ1) is 15.4. The first-order chi connectivity index (χ1) is 11.1. The van der Waals surface area contributed by atoms with Crippen LogP contribution in [0.25, 0.3) is 0 Å². The Labute approximate surface area is 139 Å². The quantitative estimate of drug-likeness (QED) is 0.876. The number of hydrogen-bond donors (Lipinski definition) is 1. The molecule has 1 N–H and O–H groups in total. The Bertz CT molecular complexity index is 721. The van der Waals surface area contributed by atoms with Gasteiger partial charge >= 0.3 is 0 Å². The van der Waals surface area contributed by atoms with E-state index in [2.05, 4.69) is 5.43 Å². The van der Waals surface area contributed by atoms with Gasteiger partial charge in [-0.3, -0.25) is 20.0 Å². The first-order valence-corrected chi connectivity index (χ1v) is 8.24. The van der Waals surface area contributed by atoms with Crippen LogP contribution in [0.4, 0.5) is 11.4 Å². The second kappa shape index (κ2) is 6.75. The Kier molecular flexibility index (Phi) is 4.52. The molecule has 0 radical (unpaired) electrons. The lowest BCUT2D eigenvalue weighted by Crippen LogP contribution is -2.48. The highest BCUT2D eigenvalue weighted by Gasteiger charge is 2.26. The number of para-hydroxylation sites is 2. The number of amides is 2. The lowest BCUT2D eigenvalue weighted by molar-refractivity contribution is -0.123. The Morgan fingerprint density at radius 1 is 1.17 bits per heavy atom. The molecule has 2 aromatic rings. The Balaban J connectivity index is 1.69. The summed E-state index contributed by atoms with van der Waals surface area (Å²) in [6.45, 7) is 0.00752. The SMILES string of the molecule is CN(NC(=O)CN1C(=O)CSc2ccccc21)c1ccccc1. The number of thioether (sulfide) groups is 1. The van der Waals surface area contributed by atoms with Gasteiger partial charge in [0.05, 0.1) is 17.1 Å². The van der Waals surface area contributed by atoms with Crippen LogP contribution in [-0.2, 0) is 9.59 Å². The molecule has 0 fully saturated rings. The highest BCUT2D eigenvalue weighted by atomic mass is 32.2. The smallest absolute Gasteiger partial charge is 0.258 e. The highest BCUT2D eigenvalue weighted by Crippen LogP contribution is 2.34. The van der Waals surface area contributed by atoms with Gasteiger partial charge in [0.25, 0.3) is 5.91 Å². The van der Waals surface area contributed by atoms with E-state index in [1.54, 1.807) is 17.0 Å². The average molecular weight is 327 g/mol. The number of rotatable bonds is 4. The van der Waals surface area contributed by atoms with E-state index in [-0.39, 0.29) is 18.4 Å². The fourth-order valence-electron chi connectivity index (χ4n) is 2.41. The molecule has 0 aromatic heterocycles. The molecule has 0 saturated carbocycles. The summed E-state index contributed by atoms with van der Waals surface area (Å²) in [7, 11) is 1.77. The molecule has 5 nitrogen and oxygen atoms in total. The number of anilines is 2. The molecule has 2 amide bonds. The van der Waals surface area contributed by atoms with E-state index in [1.165, 1.54) is 11.8 Å². The van der Waals surface area contributed by atoms with Gasteiger partial charge in [0.1, 0.15) is 6.54 Å². The van der Waals surface area contributed by atoms with Gasteiger partial charge in [-0.25, -0.2) is 0 Å².